The van der Waals surface area contributed by atoms with Gasteiger partial charge in [-0.1, -0.05) is 29.3 Å². The Morgan fingerprint density at radius 3 is 2.33 bits per heavy atom. The number of sulfonamides is 2. The van der Waals surface area contributed by atoms with Crippen molar-refractivity contribution in [2.75, 3.05) is 40.3 Å². The molecular formula is C23H29Cl2N3O6S2. The molecule has 1 atom stereocenters. The van der Waals surface area contributed by atoms with Crippen LogP contribution in [0.4, 0.5) is 0 Å². The van der Waals surface area contributed by atoms with Crippen LogP contribution >= 0.6 is 23.2 Å². The smallest absolute Gasteiger partial charge is 0.242 e. The number of ether oxygens (including phenoxy) is 1. The average molecular weight is 579 g/mol. The van der Waals surface area contributed by atoms with Gasteiger partial charge in [0, 0.05) is 42.8 Å². The zero-order chi connectivity index (χ0) is 26.5. The van der Waals surface area contributed by atoms with Gasteiger partial charge in [0.2, 0.25) is 26.0 Å². The fraction of sp³-hybridized carbons (Fsp3) is 0.435. The number of carbonyl (C=O) groups is 1. The van der Waals surface area contributed by atoms with E-state index in [0.29, 0.717) is 30.7 Å². The molecule has 0 aliphatic carbocycles. The van der Waals surface area contributed by atoms with Crippen molar-refractivity contribution >= 4 is 49.2 Å². The second-order valence-corrected chi connectivity index (χ2v) is 13.5. The molecule has 198 valence electrons. The minimum atomic E-state index is -3.71. The lowest BCUT2D eigenvalue weighted by Crippen LogP contribution is -2.46. The van der Waals surface area contributed by atoms with Gasteiger partial charge in [0.1, 0.15) is 12.4 Å². The zero-order valence-electron chi connectivity index (χ0n) is 20.0. The largest absolute Gasteiger partial charge is 0.492 e. The molecule has 1 aliphatic rings. The van der Waals surface area contributed by atoms with Crippen molar-refractivity contribution in [3.8, 4) is 5.75 Å². The highest BCUT2D eigenvalue weighted by molar-refractivity contribution is 7.89. The highest BCUT2D eigenvalue weighted by atomic mass is 35.5. The molecule has 0 bridgehead atoms. The molecule has 0 spiro atoms. The van der Waals surface area contributed by atoms with Crippen molar-refractivity contribution < 1.29 is 26.4 Å². The van der Waals surface area contributed by atoms with E-state index in [2.05, 4.69) is 5.32 Å². The lowest BCUT2D eigenvalue weighted by atomic mass is 9.99. The van der Waals surface area contributed by atoms with Crippen LogP contribution in [0, 0.1) is 5.92 Å². The maximum atomic E-state index is 13.0. The first-order valence-corrected chi connectivity index (χ1v) is 15.1. The normalized spacial score (nSPS) is 17.2. The summed E-state index contributed by atoms with van der Waals surface area (Å²) >= 11 is 12.3. The molecule has 2 aromatic rings. The molecule has 1 fully saturated rings. The van der Waals surface area contributed by atoms with Gasteiger partial charge in [0.25, 0.3) is 0 Å². The highest BCUT2D eigenvalue weighted by Crippen LogP contribution is 2.29. The Morgan fingerprint density at radius 1 is 1.08 bits per heavy atom. The Bertz CT molecular complexity index is 1270. The van der Waals surface area contributed by atoms with Crippen molar-refractivity contribution in [1.29, 1.82) is 0 Å². The molecule has 1 aliphatic heterocycles. The molecular weight excluding hydrogens is 549 g/mol. The van der Waals surface area contributed by atoms with E-state index < -0.39 is 26.0 Å². The van der Waals surface area contributed by atoms with Crippen molar-refractivity contribution in [3.05, 3.63) is 58.1 Å². The van der Waals surface area contributed by atoms with E-state index in [1.54, 1.807) is 30.3 Å². The molecule has 9 nitrogen and oxygen atoms in total. The first-order chi connectivity index (χ1) is 16.9. The molecule has 1 N–H and O–H groups in total. The first kappa shape index (κ1) is 28.7. The van der Waals surface area contributed by atoms with Crippen molar-refractivity contribution in [1.82, 2.24) is 13.9 Å². The minimum Gasteiger partial charge on any atom is -0.492 e. The van der Waals surface area contributed by atoms with Gasteiger partial charge in [-0.05, 0) is 49.2 Å². The van der Waals surface area contributed by atoms with E-state index in [-0.39, 0.29) is 46.3 Å². The Kier molecular flexibility index (Phi) is 9.64. The van der Waals surface area contributed by atoms with Crippen LogP contribution in [0.1, 0.15) is 18.4 Å². The second-order valence-electron chi connectivity index (χ2n) is 8.55. The number of carbonyl (C=O) groups excluding carboxylic acids is 1. The topological polar surface area (TPSA) is 113 Å². The predicted molar refractivity (Wildman–Crippen MR) is 139 cm³/mol. The van der Waals surface area contributed by atoms with Crippen LogP contribution in [-0.2, 0) is 30.6 Å². The SMILES string of the molecule is CN(C)S(=O)(=O)c1ccc(OCCNC(=O)[C@H]2CCCN(S(=O)(=O)Cc3c(Cl)cccc3Cl)C2)cc1. The fourth-order valence-electron chi connectivity index (χ4n) is 3.76. The van der Waals surface area contributed by atoms with Crippen LogP contribution < -0.4 is 10.1 Å². The molecule has 1 amide bonds. The number of hydrogen-bond donors (Lipinski definition) is 1. The molecule has 1 heterocycles. The summed E-state index contributed by atoms with van der Waals surface area (Å²) in [6, 6.07) is 10.8. The Hall–Kier alpha value is -1.89. The van der Waals surface area contributed by atoms with Crippen molar-refractivity contribution in [2.24, 2.45) is 5.92 Å². The van der Waals surface area contributed by atoms with E-state index in [0.717, 1.165) is 4.31 Å². The molecule has 2 aromatic carbocycles. The molecule has 3 rings (SSSR count). The van der Waals surface area contributed by atoms with E-state index in [9.17, 15) is 21.6 Å². The van der Waals surface area contributed by atoms with E-state index >= 15 is 0 Å². The summed E-state index contributed by atoms with van der Waals surface area (Å²) in [5, 5.41) is 3.35. The number of nitrogens with zero attached hydrogens (tertiary/aromatic N) is 2. The summed E-state index contributed by atoms with van der Waals surface area (Å²) in [7, 11) is -4.32. The Morgan fingerprint density at radius 2 is 1.72 bits per heavy atom. The van der Waals surface area contributed by atoms with Gasteiger partial charge in [-0.15, -0.1) is 0 Å². The summed E-state index contributed by atoms with van der Waals surface area (Å²) in [5.41, 5.74) is 0.344. The van der Waals surface area contributed by atoms with Crippen LogP contribution in [0.2, 0.25) is 10.0 Å². The molecule has 1 saturated heterocycles. The molecule has 0 radical (unpaired) electrons. The van der Waals surface area contributed by atoms with Gasteiger partial charge in [-0.25, -0.2) is 25.4 Å². The number of piperidine rings is 1. The number of hydrogen-bond acceptors (Lipinski definition) is 6. The number of rotatable bonds is 10. The maximum Gasteiger partial charge on any atom is 0.242 e. The fourth-order valence-corrected chi connectivity index (χ4v) is 7.02. The monoisotopic (exact) mass is 577 g/mol. The van der Waals surface area contributed by atoms with E-state index in [4.69, 9.17) is 27.9 Å². The third-order valence-corrected chi connectivity index (χ3v) is 10.1. The summed E-state index contributed by atoms with van der Waals surface area (Å²) in [6.45, 7) is 0.802. The number of halogens is 2. The van der Waals surface area contributed by atoms with Crippen LogP contribution in [0.15, 0.2) is 47.4 Å². The predicted octanol–water partition coefficient (Wildman–Crippen LogP) is 2.98. The second kappa shape index (κ2) is 12.1. The summed E-state index contributed by atoms with van der Waals surface area (Å²) in [5.74, 6) is -0.593. The van der Waals surface area contributed by atoms with Crippen LogP contribution in [-0.4, -0.2) is 71.7 Å². The maximum absolute atomic E-state index is 13.0. The highest BCUT2D eigenvalue weighted by Gasteiger charge is 2.33. The molecule has 36 heavy (non-hydrogen) atoms. The lowest BCUT2D eigenvalue weighted by Gasteiger charge is -2.31. The first-order valence-electron chi connectivity index (χ1n) is 11.3. The van der Waals surface area contributed by atoms with Crippen molar-refractivity contribution in [2.45, 2.75) is 23.5 Å². The van der Waals surface area contributed by atoms with Crippen LogP contribution in [0.5, 0.6) is 5.75 Å². The van der Waals surface area contributed by atoms with Gasteiger partial charge < -0.3 is 10.1 Å². The van der Waals surface area contributed by atoms with Gasteiger partial charge in [0.15, 0.2) is 0 Å². The molecule has 13 heteroatoms. The number of benzene rings is 2. The summed E-state index contributed by atoms with van der Waals surface area (Å²) in [4.78, 5) is 12.8. The third-order valence-electron chi connectivity index (χ3n) is 5.81. The lowest BCUT2D eigenvalue weighted by molar-refractivity contribution is -0.126. The van der Waals surface area contributed by atoms with Gasteiger partial charge in [-0.3, -0.25) is 4.79 Å². The quantitative estimate of drug-likeness (QED) is 0.434. The molecule has 0 saturated carbocycles. The van der Waals surface area contributed by atoms with Crippen molar-refractivity contribution in [3.63, 3.8) is 0 Å². The van der Waals surface area contributed by atoms with Gasteiger partial charge in [-0.2, -0.15) is 0 Å². The molecule has 0 aromatic heterocycles. The third kappa shape index (κ3) is 7.11. The van der Waals surface area contributed by atoms with Gasteiger partial charge >= 0.3 is 0 Å². The van der Waals surface area contributed by atoms with E-state index in [1.807, 2.05) is 0 Å². The standard InChI is InChI=1S/C23H29Cl2N3O6S2/c1-27(2)36(32,33)19-10-8-18(9-11-19)34-14-12-26-23(29)17-5-4-13-28(15-17)35(30,31)16-20-21(24)6-3-7-22(20)25/h3,6-11,17H,4-5,12-16H2,1-2H3,(H,26,29)/t17-/m0/s1. The average Bonchev–Trinajstić information content (AvgIpc) is 2.84. The minimum absolute atomic E-state index is 0.0822. The Balaban J connectivity index is 1.49. The van der Waals surface area contributed by atoms with E-state index in [1.165, 1.54) is 30.5 Å². The number of amides is 1. The molecule has 0 unspecified atom stereocenters. The number of nitrogens with one attached hydrogen (secondary N) is 1. The van der Waals surface area contributed by atoms with Crippen LogP contribution in [0.25, 0.3) is 0 Å². The zero-order valence-corrected chi connectivity index (χ0v) is 23.1. The van der Waals surface area contributed by atoms with Gasteiger partial charge in [0.05, 0.1) is 23.1 Å². The summed E-state index contributed by atoms with van der Waals surface area (Å²) < 4.78 is 58.2. The Labute approximate surface area is 222 Å². The summed E-state index contributed by atoms with van der Waals surface area (Å²) in [6.07, 6.45) is 1.14. The van der Waals surface area contributed by atoms with Crippen LogP contribution in [0.3, 0.4) is 0 Å².